The minimum atomic E-state index is -0.829. The topological polar surface area (TPSA) is 63.2 Å². The lowest BCUT2D eigenvalue weighted by Crippen LogP contribution is -2.39. The van der Waals surface area contributed by atoms with Crippen molar-refractivity contribution < 1.29 is 28.5 Å². The number of rotatable bonds is 8. The Morgan fingerprint density at radius 1 is 0.833 bits per heavy atom. The Kier molecular flexibility index (Phi) is 6.95. The van der Waals surface area contributed by atoms with Gasteiger partial charge in [-0.3, -0.25) is 4.79 Å². The molecule has 188 valence electrons. The van der Waals surface area contributed by atoms with Crippen LogP contribution >= 0.6 is 0 Å². The Morgan fingerprint density at radius 2 is 1.33 bits per heavy atom. The van der Waals surface area contributed by atoms with E-state index in [1.54, 1.807) is 0 Å². The van der Waals surface area contributed by atoms with E-state index < -0.39 is 36.0 Å². The van der Waals surface area contributed by atoms with Gasteiger partial charge in [0.25, 0.3) is 0 Å². The van der Waals surface area contributed by atoms with E-state index in [4.69, 9.17) is 23.7 Å². The van der Waals surface area contributed by atoms with Crippen molar-refractivity contribution in [1.29, 1.82) is 0 Å². The van der Waals surface area contributed by atoms with E-state index in [1.807, 2.05) is 68.4 Å². The summed E-state index contributed by atoms with van der Waals surface area (Å²) in [6.45, 7) is 5.40. The van der Waals surface area contributed by atoms with Crippen LogP contribution in [0.15, 0.2) is 91.0 Å². The van der Waals surface area contributed by atoms with Gasteiger partial charge in [-0.05, 0) is 30.5 Å². The Balaban J connectivity index is 1.44. The van der Waals surface area contributed by atoms with Crippen molar-refractivity contribution in [2.24, 2.45) is 0 Å². The maximum atomic E-state index is 11.9. The van der Waals surface area contributed by atoms with Gasteiger partial charge in [0.1, 0.15) is 11.7 Å². The first-order valence-corrected chi connectivity index (χ1v) is 12.4. The van der Waals surface area contributed by atoms with Crippen LogP contribution in [0.1, 0.15) is 43.9 Å². The first-order valence-electron chi connectivity index (χ1n) is 12.4. The molecule has 0 amide bonds. The molecule has 36 heavy (non-hydrogen) atoms. The van der Waals surface area contributed by atoms with Crippen molar-refractivity contribution in [1.82, 2.24) is 0 Å². The molecule has 5 rings (SSSR count). The lowest BCUT2D eigenvalue weighted by atomic mass is 9.80. The molecule has 0 unspecified atom stereocenters. The summed E-state index contributed by atoms with van der Waals surface area (Å²) >= 11 is 0. The fraction of sp³-hybridized carbons (Fsp3) is 0.367. The molecule has 0 aromatic heterocycles. The second-order valence-electron chi connectivity index (χ2n) is 9.63. The largest absolute Gasteiger partial charge is 0.457 e. The van der Waals surface area contributed by atoms with Gasteiger partial charge in [0.15, 0.2) is 24.3 Å². The molecule has 4 atom stereocenters. The molecule has 6 nitrogen and oxygen atoms in total. The van der Waals surface area contributed by atoms with E-state index in [1.165, 1.54) is 6.92 Å². The number of fused-ring (bicyclic) bond motifs is 1. The lowest BCUT2D eigenvalue weighted by Gasteiger charge is -2.36. The van der Waals surface area contributed by atoms with Crippen molar-refractivity contribution >= 4 is 5.97 Å². The molecule has 0 bridgehead atoms. The quantitative estimate of drug-likeness (QED) is 0.321. The monoisotopic (exact) mass is 488 g/mol. The van der Waals surface area contributed by atoms with Crippen molar-refractivity contribution in [2.45, 2.75) is 63.2 Å². The number of hydrogen-bond donors (Lipinski definition) is 0. The van der Waals surface area contributed by atoms with Gasteiger partial charge >= 0.3 is 5.97 Å². The molecule has 2 heterocycles. The van der Waals surface area contributed by atoms with Gasteiger partial charge in [-0.15, -0.1) is 0 Å². The van der Waals surface area contributed by atoms with Crippen LogP contribution in [-0.4, -0.2) is 43.0 Å². The molecule has 2 fully saturated rings. The van der Waals surface area contributed by atoms with E-state index in [-0.39, 0.29) is 5.97 Å². The lowest BCUT2D eigenvalue weighted by molar-refractivity contribution is -0.220. The summed E-state index contributed by atoms with van der Waals surface area (Å²) < 4.78 is 30.6. The number of carbonyl (C=O) groups excluding carboxylic acids is 1. The SMILES string of the molecule is CC(=O)O[C@@H]1[C@H]2OC(C)(C)O[C@H]2O[C@@H]1CCOC(c1ccccc1)(c1ccccc1)c1ccccc1. The Labute approximate surface area is 212 Å². The van der Waals surface area contributed by atoms with Crippen LogP contribution in [0.25, 0.3) is 0 Å². The Bertz CT molecular complexity index is 1050. The third-order valence-electron chi connectivity index (χ3n) is 6.65. The van der Waals surface area contributed by atoms with Gasteiger partial charge in [0.05, 0.1) is 6.61 Å². The standard InChI is InChI=1S/C30H32O6/c1-21(31)33-26-25(34-28-27(26)35-29(2,3)36-28)19-20-32-30(22-13-7-4-8-14-22,23-15-9-5-10-16-23)24-17-11-6-12-18-24/h4-18,25-28H,19-20H2,1-3H3/t25-,26+,27-,28-/m1/s1. The van der Waals surface area contributed by atoms with Crippen LogP contribution < -0.4 is 0 Å². The number of ether oxygens (including phenoxy) is 5. The van der Waals surface area contributed by atoms with Gasteiger partial charge in [-0.1, -0.05) is 91.0 Å². The van der Waals surface area contributed by atoms with E-state index in [2.05, 4.69) is 36.4 Å². The second-order valence-corrected chi connectivity index (χ2v) is 9.63. The zero-order chi connectivity index (χ0) is 25.2. The van der Waals surface area contributed by atoms with Crippen LogP contribution in [-0.2, 0) is 34.1 Å². The first kappa shape index (κ1) is 24.7. The minimum Gasteiger partial charge on any atom is -0.457 e. The average molecular weight is 489 g/mol. The number of esters is 1. The molecule has 0 aliphatic carbocycles. The average Bonchev–Trinajstić information content (AvgIpc) is 3.35. The number of hydrogen-bond acceptors (Lipinski definition) is 6. The molecule has 0 radical (unpaired) electrons. The molecule has 6 heteroatoms. The summed E-state index contributed by atoms with van der Waals surface area (Å²) in [4.78, 5) is 11.9. The summed E-state index contributed by atoms with van der Waals surface area (Å²) in [5, 5.41) is 0. The summed E-state index contributed by atoms with van der Waals surface area (Å²) in [7, 11) is 0. The third kappa shape index (κ3) is 4.82. The summed E-state index contributed by atoms with van der Waals surface area (Å²) in [6, 6.07) is 30.6. The van der Waals surface area contributed by atoms with Crippen LogP contribution in [0.4, 0.5) is 0 Å². The zero-order valence-electron chi connectivity index (χ0n) is 20.8. The normalized spacial score (nSPS) is 24.9. The van der Waals surface area contributed by atoms with Crippen molar-refractivity contribution in [3.63, 3.8) is 0 Å². The van der Waals surface area contributed by atoms with E-state index in [0.29, 0.717) is 13.0 Å². The molecule has 0 saturated carbocycles. The maximum Gasteiger partial charge on any atom is 0.303 e. The van der Waals surface area contributed by atoms with E-state index in [0.717, 1.165) is 16.7 Å². The van der Waals surface area contributed by atoms with E-state index in [9.17, 15) is 4.79 Å². The molecule has 3 aromatic carbocycles. The van der Waals surface area contributed by atoms with E-state index >= 15 is 0 Å². The molecule has 2 aliphatic rings. The molecule has 0 spiro atoms. The molecular formula is C30H32O6. The van der Waals surface area contributed by atoms with Gasteiger partial charge < -0.3 is 23.7 Å². The third-order valence-corrected chi connectivity index (χ3v) is 6.65. The smallest absolute Gasteiger partial charge is 0.303 e. The zero-order valence-corrected chi connectivity index (χ0v) is 20.8. The van der Waals surface area contributed by atoms with Gasteiger partial charge in [0, 0.05) is 13.3 Å². The van der Waals surface area contributed by atoms with Crippen LogP contribution in [0, 0.1) is 0 Å². The van der Waals surface area contributed by atoms with Crippen LogP contribution in [0.2, 0.25) is 0 Å². The summed E-state index contributed by atoms with van der Waals surface area (Å²) in [5.74, 6) is -1.17. The first-order chi connectivity index (χ1) is 17.4. The predicted octanol–water partition coefficient (Wildman–Crippen LogP) is 5.19. The highest BCUT2D eigenvalue weighted by Crippen LogP contribution is 2.42. The molecule has 0 N–H and O–H groups in total. The van der Waals surface area contributed by atoms with Crippen molar-refractivity contribution in [2.75, 3.05) is 6.61 Å². The molecule has 3 aromatic rings. The van der Waals surface area contributed by atoms with Crippen molar-refractivity contribution in [3.8, 4) is 0 Å². The minimum absolute atomic E-state index is 0.351. The highest BCUT2D eigenvalue weighted by atomic mass is 16.8. The van der Waals surface area contributed by atoms with Crippen LogP contribution in [0.3, 0.4) is 0 Å². The highest BCUT2D eigenvalue weighted by Gasteiger charge is 2.56. The number of carbonyl (C=O) groups is 1. The van der Waals surface area contributed by atoms with Crippen LogP contribution in [0.5, 0.6) is 0 Å². The van der Waals surface area contributed by atoms with Gasteiger partial charge in [-0.25, -0.2) is 0 Å². The summed E-state index contributed by atoms with van der Waals surface area (Å²) in [6.07, 6.45) is -1.56. The van der Waals surface area contributed by atoms with Gasteiger partial charge in [0.2, 0.25) is 0 Å². The predicted molar refractivity (Wildman–Crippen MR) is 134 cm³/mol. The molecule has 2 saturated heterocycles. The summed E-state index contributed by atoms with van der Waals surface area (Å²) in [5.41, 5.74) is 2.24. The molecule has 2 aliphatic heterocycles. The van der Waals surface area contributed by atoms with Crippen molar-refractivity contribution in [3.05, 3.63) is 108 Å². The van der Waals surface area contributed by atoms with Gasteiger partial charge in [-0.2, -0.15) is 0 Å². The fourth-order valence-electron chi connectivity index (χ4n) is 5.21. The second kappa shape index (κ2) is 10.1. The Hall–Kier alpha value is -3.03. The maximum absolute atomic E-state index is 11.9. The highest BCUT2D eigenvalue weighted by molar-refractivity contribution is 5.66. The Morgan fingerprint density at radius 3 is 1.81 bits per heavy atom. The molecular weight excluding hydrogens is 456 g/mol. The fourth-order valence-corrected chi connectivity index (χ4v) is 5.21. The number of benzene rings is 3.